The molecule has 0 aliphatic heterocycles. The summed E-state index contributed by atoms with van der Waals surface area (Å²) in [5.74, 6) is 0. The van der Waals surface area contributed by atoms with Gasteiger partial charge in [0.15, 0.2) is 5.11 Å². The highest BCUT2D eigenvalue weighted by Crippen LogP contribution is 2.24. The lowest BCUT2D eigenvalue weighted by Crippen LogP contribution is -2.43. The molecule has 0 atom stereocenters. The van der Waals surface area contributed by atoms with Crippen LogP contribution >= 0.6 is 23.8 Å². The molecule has 4 heteroatoms. The molecule has 0 radical (unpaired) electrons. The van der Waals surface area contributed by atoms with Gasteiger partial charge in [-0.2, -0.15) is 0 Å². The van der Waals surface area contributed by atoms with Gasteiger partial charge in [-0.3, -0.25) is 0 Å². The van der Waals surface area contributed by atoms with Gasteiger partial charge in [0.05, 0.1) is 0 Å². The molecule has 0 unspecified atom stereocenters. The molecule has 108 valence electrons. The molecule has 1 aliphatic carbocycles. The van der Waals surface area contributed by atoms with Crippen LogP contribution in [0.15, 0.2) is 36.9 Å². The van der Waals surface area contributed by atoms with E-state index in [0.29, 0.717) is 11.1 Å². The quantitative estimate of drug-likeness (QED) is 0.632. The van der Waals surface area contributed by atoms with E-state index in [1.807, 2.05) is 30.3 Å². The van der Waals surface area contributed by atoms with E-state index in [4.69, 9.17) is 23.8 Å². The van der Waals surface area contributed by atoms with Crippen LogP contribution in [0.25, 0.3) is 0 Å². The van der Waals surface area contributed by atoms with Crippen LogP contribution in [0.2, 0.25) is 5.02 Å². The van der Waals surface area contributed by atoms with Crippen molar-refractivity contribution >= 4 is 34.6 Å². The standard InChI is InChI=1S/C16H21ClN2S/c1-2-11-19(15-9-4-3-5-10-15)16(20)18-14-8-6-7-13(17)12-14/h2,6-8,12,15H,1,3-5,9-11H2,(H,18,20). The zero-order chi connectivity index (χ0) is 14.4. The van der Waals surface area contributed by atoms with Crippen LogP contribution in [-0.2, 0) is 0 Å². The molecule has 1 saturated carbocycles. The minimum absolute atomic E-state index is 0.529. The summed E-state index contributed by atoms with van der Waals surface area (Å²) in [7, 11) is 0. The fraction of sp³-hybridized carbons (Fsp3) is 0.438. The Balaban J connectivity index is 2.04. The number of nitrogens with one attached hydrogen (secondary N) is 1. The van der Waals surface area contributed by atoms with Gasteiger partial charge in [0.2, 0.25) is 0 Å². The van der Waals surface area contributed by atoms with E-state index in [1.165, 1.54) is 32.1 Å². The number of hydrogen-bond donors (Lipinski definition) is 1. The lowest BCUT2D eigenvalue weighted by atomic mass is 9.94. The Morgan fingerprint density at radius 2 is 2.15 bits per heavy atom. The molecule has 0 bridgehead atoms. The van der Waals surface area contributed by atoms with Gasteiger partial charge in [-0.15, -0.1) is 6.58 Å². The monoisotopic (exact) mass is 308 g/mol. The minimum Gasteiger partial charge on any atom is -0.342 e. The Bertz CT molecular complexity index is 469. The van der Waals surface area contributed by atoms with Crippen LogP contribution in [-0.4, -0.2) is 22.6 Å². The van der Waals surface area contributed by atoms with E-state index in [2.05, 4.69) is 16.8 Å². The molecule has 0 spiro atoms. The van der Waals surface area contributed by atoms with Crippen molar-refractivity contribution in [2.45, 2.75) is 38.1 Å². The van der Waals surface area contributed by atoms with Crippen molar-refractivity contribution in [3.63, 3.8) is 0 Å². The molecule has 0 aromatic heterocycles. The molecule has 1 aromatic rings. The first kappa shape index (κ1) is 15.3. The summed E-state index contributed by atoms with van der Waals surface area (Å²) < 4.78 is 0. The largest absolute Gasteiger partial charge is 0.342 e. The third-order valence-electron chi connectivity index (χ3n) is 3.68. The van der Waals surface area contributed by atoms with Crippen LogP contribution in [0.4, 0.5) is 5.69 Å². The smallest absolute Gasteiger partial charge is 0.173 e. The molecular weight excluding hydrogens is 288 g/mol. The van der Waals surface area contributed by atoms with Crippen molar-refractivity contribution in [2.24, 2.45) is 0 Å². The van der Waals surface area contributed by atoms with Crippen molar-refractivity contribution in [3.8, 4) is 0 Å². The zero-order valence-electron chi connectivity index (χ0n) is 11.6. The van der Waals surface area contributed by atoms with Gasteiger partial charge in [-0.25, -0.2) is 0 Å². The summed E-state index contributed by atoms with van der Waals surface area (Å²) in [5, 5.41) is 4.77. The van der Waals surface area contributed by atoms with Crippen LogP contribution in [0, 0.1) is 0 Å². The predicted octanol–water partition coefficient (Wildman–Crippen LogP) is 4.86. The summed E-state index contributed by atoms with van der Waals surface area (Å²) in [6, 6.07) is 8.18. The maximum atomic E-state index is 6.00. The Labute approximate surface area is 131 Å². The SMILES string of the molecule is C=CCN(C(=S)Nc1cccc(Cl)c1)C1CCCCC1. The summed E-state index contributed by atoms with van der Waals surface area (Å²) in [6.07, 6.45) is 8.26. The van der Waals surface area contributed by atoms with Crippen molar-refractivity contribution in [1.82, 2.24) is 4.90 Å². The fourth-order valence-electron chi connectivity index (χ4n) is 2.69. The van der Waals surface area contributed by atoms with Crippen LogP contribution in [0.1, 0.15) is 32.1 Å². The van der Waals surface area contributed by atoms with Crippen molar-refractivity contribution in [3.05, 3.63) is 41.9 Å². The summed E-state index contributed by atoms with van der Waals surface area (Å²) in [6.45, 7) is 4.64. The van der Waals surface area contributed by atoms with Gasteiger partial charge < -0.3 is 10.2 Å². The molecule has 1 N–H and O–H groups in total. The van der Waals surface area contributed by atoms with Gasteiger partial charge in [-0.1, -0.05) is 43.0 Å². The molecular formula is C16H21ClN2S. The normalized spacial score (nSPS) is 15.7. The maximum Gasteiger partial charge on any atom is 0.173 e. The molecule has 1 fully saturated rings. The third-order valence-corrected chi connectivity index (χ3v) is 4.25. The van der Waals surface area contributed by atoms with Crippen LogP contribution in [0.3, 0.4) is 0 Å². The summed E-state index contributed by atoms with van der Waals surface area (Å²) in [4.78, 5) is 2.25. The van der Waals surface area contributed by atoms with Crippen molar-refractivity contribution in [2.75, 3.05) is 11.9 Å². The van der Waals surface area contributed by atoms with Gasteiger partial charge in [0, 0.05) is 23.3 Å². The highest BCUT2D eigenvalue weighted by Gasteiger charge is 2.22. The van der Waals surface area contributed by atoms with E-state index in [0.717, 1.165) is 17.3 Å². The third kappa shape index (κ3) is 4.22. The first-order valence-corrected chi connectivity index (χ1v) is 7.93. The number of nitrogens with zero attached hydrogens (tertiary/aromatic N) is 1. The number of benzene rings is 1. The fourth-order valence-corrected chi connectivity index (χ4v) is 3.22. The van der Waals surface area contributed by atoms with Crippen LogP contribution in [0.5, 0.6) is 0 Å². The Hall–Kier alpha value is -1.06. The topological polar surface area (TPSA) is 15.3 Å². The van der Waals surface area contributed by atoms with Crippen LogP contribution < -0.4 is 5.32 Å². The number of halogens is 1. The van der Waals surface area contributed by atoms with Gasteiger partial charge in [0.25, 0.3) is 0 Å². The molecule has 1 aromatic carbocycles. The summed E-state index contributed by atoms with van der Waals surface area (Å²) >= 11 is 11.6. The number of anilines is 1. The highest BCUT2D eigenvalue weighted by atomic mass is 35.5. The van der Waals surface area contributed by atoms with E-state index < -0.39 is 0 Å². The second-order valence-corrected chi connectivity index (χ2v) is 6.00. The van der Waals surface area contributed by atoms with E-state index in [-0.39, 0.29) is 0 Å². The minimum atomic E-state index is 0.529. The molecule has 0 heterocycles. The molecule has 2 rings (SSSR count). The maximum absolute atomic E-state index is 6.00. The second-order valence-electron chi connectivity index (χ2n) is 5.17. The molecule has 0 saturated heterocycles. The Kier molecular flexibility index (Phi) is 5.86. The van der Waals surface area contributed by atoms with E-state index >= 15 is 0 Å². The zero-order valence-corrected chi connectivity index (χ0v) is 13.2. The first-order chi connectivity index (χ1) is 9.70. The number of hydrogen-bond acceptors (Lipinski definition) is 1. The predicted molar refractivity (Wildman–Crippen MR) is 91.4 cm³/mol. The lowest BCUT2D eigenvalue weighted by molar-refractivity contribution is 0.263. The first-order valence-electron chi connectivity index (χ1n) is 7.15. The van der Waals surface area contributed by atoms with Gasteiger partial charge >= 0.3 is 0 Å². The second kappa shape index (κ2) is 7.65. The molecule has 1 aliphatic rings. The lowest BCUT2D eigenvalue weighted by Gasteiger charge is -2.35. The average molecular weight is 309 g/mol. The van der Waals surface area contributed by atoms with Gasteiger partial charge in [-0.05, 0) is 43.3 Å². The van der Waals surface area contributed by atoms with Crippen molar-refractivity contribution < 1.29 is 0 Å². The summed E-state index contributed by atoms with van der Waals surface area (Å²) in [5.41, 5.74) is 0.937. The Morgan fingerprint density at radius 1 is 1.40 bits per heavy atom. The Morgan fingerprint density at radius 3 is 2.80 bits per heavy atom. The van der Waals surface area contributed by atoms with Crippen molar-refractivity contribution in [1.29, 1.82) is 0 Å². The average Bonchev–Trinajstić information content (AvgIpc) is 2.45. The number of rotatable bonds is 4. The molecule has 2 nitrogen and oxygen atoms in total. The van der Waals surface area contributed by atoms with E-state index in [1.54, 1.807) is 0 Å². The highest BCUT2D eigenvalue weighted by molar-refractivity contribution is 7.80. The van der Waals surface area contributed by atoms with E-state index in [9.17, 15) is 0 Å². The van der Waals surface area contributed by atoms with Gasteiger partial charge in [0.1, 0.15) is 0 Å². The molecule has 0 amide bonds. The molecule has 20 heavy (non-hydrogen) atoms. The number of thiocarbonyl (C=S) groups is 1.